The summed E-state index contributed by atoms with van der Waals surface area (Å²) in [5.74, 6) is -0.706. The molecule has 0 saturated carbocycles. The first-order valence-electron chi connectivity index (χ1n) is 4.15. The Morgan fingerprint density at radius 1 is 1.12 bits per heavy atom. The number of amides is 2. The van der Waals surface area contributed by atoms with Crippen LogP contribution >= 0.6 is 0 Å². The predicted octanol–water partition coefficient (Wildman–Crippen LogP) is -0.456. The number of hydrogen-bond donors (Lipinski definition) is 2. The zero-order chi connectivity index (χ0) is 11.8. The summed E-state index contributed by atoms with van der Waals surface area (Å²) >= 11 is 0. The fourth-order valence-corrected chi connectivity index (χ4v) is 0.944. The Labute approximate surface area is 90.2 Å². The molecule has 0 spiro atoms. The summed E-state index contributed by atoms with van der Waals surface area (Å²) in [4.78, 5) is 40.4. The van der Waals surface area contributed by atoms with Crippen LogP contribution in [0.25, 0.3) is 0 Å². The first-order valence-corrected chi connectivity index (χ1v) is 4.15. The van der Waals surface area contributed by atoms with Crippen molar-refractivity contribution in [3.05, 3.63) is 29.8 Å². The summed E-state index contributed by atoms with van der Waals surface area (Å²) in [5.41, 5.74) is 3.75. The van der Waals surface area contributed by atoms with Crippen molar-refractivity contribution in [1.29, 1.82) is 0 Å². The fraction of sp³-hybridized carbons (Fsp3) is 0. The second-order valence-corrected chi connectivity index (χ2v) is 2.46. The lowest BCUT2D eigenvalue weighted by atomic mass is 10.2. The van der Waals surface area contributed by atoms with Gasteiger partial charge >= 0.3 is 5.97 Å². The van der Waals surface area contributed by atoms with Crippen LogP contribution < -0.4 is 15.8 Å². The van der Waals surface area contributed by atoms with Gasteiger partial charge in [0.2, 0.25) is 12.8 Å². The van der Waals surface area contributed by atoms with Gasteiger partial charge in [0.25, 0.3) is 0 Å². The Morgan fingerprint density at radius 3 is 2.50 bits per heavy atom. The van der Waals surface area contributed by atoms with E-state index in [2.05, 4.69) is 4.84 Å². The van der Waals surface area contributed by atoms with E-state index in [4.69, 9.17) is 4.84 Å². The van der Waals surface area contributed by atoms with Gasteiger partial charge in [-0.15, -0.1) is 0 Å². The van der Waals surface area contributed by atoms with Crippen LogP contribution in [-0.4, -0.2) is 18.8 Å². The van der Waals surface area contributed by atoms with Gasteiger partial charge in [-0.1, -0.05) is 12.1 Å². The van der Waals surface area contributed by atoms with Crippen LogP contribution in [0.15, 0.2) is 24.3 Å². The van der Waals surface area contributed by atoms with Gasteiger partial charge in [0.05, 0.1) is 0 Å². The van der Waals surface area contributed by atoms with Crippen molar-refractivity contribution in [1.82, 2.24) is 11.0 Å². The summed E-state index contributed by atoms with van der Waals surface area (Å²) in [6.45, 7) is 0. The number of nitrogens with one attached hydrogen (secondary N) is 2. The van der Waals surface area contributed by atoms with Crippen molar-refractivity contribution in [2.24, 2.45) is 0 Å². The molecule has 0 atom stereocenters. The highest BCUT2D eigenvalue weighted by atomic mass is 16.7. The molecule has 0 aliphatic carbocycles. The molecule has 0 aliphatic rings. The zero-order valence-corrected chi connectivity index (χ0v) is 8.01. The number of rotatable bonds is 6. The number of benzene rings is 1. The Kier molecular flexibility index (Phi) is 4.33. The Balaban J connectivity index is 2.80. The van der Waals surface area contributed by atoms with E-state index in [-0.39, 0.29) is 17.7 Å². The lowest BCUT2D eigenvalue weighted by Gasteiger charge is -2.07. The van der Waals surface area contributed by atoms with Gasteiger partial charge in [-0.2, -0.15) is 11.0 Å². The smallest absolute Gasteiger partial charge is 0.366 e. The first kappa shape index (κ1) is 11.5. The summed E-state index contributed by atoms with van der Waals surface area (Å²) in [5, 5.41) is 0. The van der Waals surface area contributed by atoms with Crippen molar-refractivity contribution in [3.8, 4) is 5.75 Å². The number of hydrogen-bond acceptors (Lipinski definition) is 5. The van der Waals surface area contributed by atoms with E-state index >= 15 is 0 Å². The van der Waals surface area contributed by atoms with Crippen LogP contribution in [0, 0.1) is 0 Å². The molecule has 1 aromatic rings. The minimum atomic E-state index is -0.810. The van der Waals surface area contributed by atoms with Crippen molar-refractivity contribution < 1.29 is 24.1 Å². The predicted molar refractivity (Wildman–Crippen MR) is 50.9 cm³/mol. The van der Waals surface area contributed by atoms with Crippen LogP contribution in [0.3, 0.4) is 0 Å². The van der Waals surface area contributed by atoms with Gasteiger partial charge in [0.15, 0.2) is 5.75 Å². The number of carbonyl (C=O) groups excluding carboxylic acids is 3. The van der Waals surface area contributed by atoms with E-state index < -0.39 is 5.97 Å². The Hall–Kier alpha value is -2.57. The molecule has 0 aliphatic heterocycles. The van der Waals surface area contributed by atoms with Gasteiger partial charge in [-0.05, 0) is 12.1 Å². The quantitative estimate of drug-likeness (QED) is 0.504. The molecule has 7 nitrogen and oxygen atoms in total. The maximum Gasteiger partial charge on any atom is 0.366 e. The standard InChI is InChI=1S/C9H8N2O5/c12-5-10-15-8-4-2-1-3-7(8)9(14)16-11-6-13/h1-6H,(H,10,12)(H,11,13). The van der Waals surface area contributed by atoms with Crippen molar-refractivity contribution >= 4 is 18.8 Å². The first-order chi connectivity index (χ1) is 7.79. The number of para-hydroxylation sites is 1. The minimum Gasteiger partial charge on any atom is -0.379 e. The average molecular weight is 224 g/mol. The van der Waals surface area contributed by atoms with Gasteiger partial charge in [0.1, 0.15) is 5.56 Å². The molecular weight excluding hydrogens is 216 g/mol. The molecule has 0 aromatic heterocycles. The van der Waals surface area contributed by atoms with E-state index in [1.54, 1.807) is 17.6 Å². The summed E-state index contributed by atoms with van der Waals surface area (Å²) in [6, 6.07) is 6.04. The van der Waals surface area contributed by atoms with E-state index in [0.29, 0.717) is 6.41 Å². The zero-order valence-electron chi connectivity index (χ0n) is 8.01. The third-order valence-corrected chi connectivity index (χ3v) is 1.52. The van der Waals surface area contributed by atoms with E-state index in [1.807, 2.05) is 5.48 Å². The third-order valence-electron chi connectivity index (χ3n) is 1.52. The van der Waals surface area contributed by atoms with Crippen LogP contribution in [0.2, 0.25) is 0 Å². The maximum atomic E-state index is 11.3. The third kappa shape index (κ3) is 2.98. The molecule has 7 heteroatoms. The maximum absolute atomic E-state index is 11.3. The van der Waals surface area contributed by atoms with Gasteiger partial charge < -0.3 is 9.68 Å². The van der Waals surface area contributed by atoms with Crippen LogP contribution in [0.5, 0.6) is 5.75 Å². The highest BCUT2D eigenvalue weighted by Crippen LogP contribution is 2.17. The molecular formula is C9H8N2O5. The second-order valence-electron chi connectivity index (χ2n) is 2.46. The Morgan fingerprint density at radius 2 is 1.81 bits per heavy atom. The summed E-state index contributed by atoms with van der Waals surface area (Å²) in [7, 11) is 0. The summed E-state index contributed by atoms with van der Waals surface area (Å²) < 4.78 is 0. The van der Waals surface area contributed by atoms with E-state index in [9.17, 15) is 14.4 Å². The fourth-order valence-electron chi connectivity index (χ4n) is 0.944. The molecule has 0 fully saturated rings. The molecule has 2 N–H and O–H groups in total. The highest BCUT2D eigenvalue weighted by Gasteiger charge is 2.13. The lowest BCUT2D eigenvalue weighted by Crippen LogP contribution is -2.21. The molecule has 0 bridgehead atoms. The van der Waals surface area contributed by atoms with Crippen LogP contribution in [0.4, 0.5) is 0 Å². The van der Waals surface area contributed by atoms with Crippen molar-refractivity contribution in [2.75, 3.05) is 0 Å². The molecule has 84 valence electrons. The highest BCUT2D eigenvalue weighted by molar-refractivity contribution is 5.92. The minimum absolute atomic E-state index is 0.0613. The second kappa shape index (κ2) is 6.02. The molecule has 0 saturated heterocycles. The van der Waals surface area contributed by atoms with Gasteiger partial charge in [-0.25, -0.2) is 4.79 Å². The monoisotopic (exact) mass is 224 g/mol. The molecule has 1 rings (SSSR count). The van der Waals surface area contributed by atoms with E-state index in [1.165, 1.54) is 12.1 Å². The number of carbonyl (C=O) groups is 3. The van der Waals surface area contributed by atoms with Crippen LogP contribution in [0.1, 0.15) is 10.4 Å². The van der Waals surface area contributed by atoms with Crippen molar-refractivity contribution in [3.63, 3.8) is 0 Å². The van der Waals surface area contributed by atoms with Gasteiger partial charge in [-0.3, -0.25) is 9.59 Å². The average Bonchev–Trinajstić information content (AvgIpc) is 2.33. The van der Waals surface area contributed by atoms with Gasteiger partial charge in [0, 0.05) is 0 Å². The number of hydroxylamine groups is 2. The molecule has 0 radical (unpaired) electrons. The van der Waals surface area contributed by atoms with Crippen molar-refractivity contribution in [2.45, 2.75) is 0 Å². The molecule has 16 heavy (non-hydrogen) atoms. The molecule has 1 aromatic carbocycles. The summed E-state index contributed by atoms with van der Waals surface area (Å²) in [6.07, 6.45) is 0.525. The molecule has 0 unspecified atom stereocenters. The molecule has 2 amide bonds. The van der Waals surface area contributed by atoms with E-state index in [0.717, 1.165) is 0 Å². The Bertz CT molecular complexity index is 393. The molecule has 0 heterocycles. The topological polar surface area (TPSA) is 93.7 Å². The normalized spacial score (nSPS) is 8.75. The largest absolute Gasteiger partial charge is 0.379 e. The van der Waals surface area contributed by atoms with Crippen LogP contribution in [-0.2, 0) is 14.4 Å². The SMILES string of the molecule is O=CNOC(=O)c1ccccc1ONC=O. The lowest BCUT2D eigenvalue weighted by molar-refractivity contribution is -0.117.